The Balaban J connectivity index is 1.82. The van der Waals surface area contributed by atoms with Crippen molar-refractivity contribution in [3.63, 3.8) is 0 Å². The molecule has 3 rings (SSSR count). The van der Waals surface area contributed by atoms with Crippen LogP contribution in [0.1, 0.15) is 43.4 Å². The van der Waals surface area contributed by atoms with E-state index in [1.165, 1.54) is 19.6 Å². The number of aliphatic hydroxyl groups excluding tert-OH is 1. The molecule has 0 saturated carbocycles. The fourth-order valence-corrected chi connectivity index (χ4v) is 6.55. The van der Waals surface area contributed by atoms with Crippen LogP contribution in [0.3, 0.4) is 0 Å². The number of aromatic nitrogens is 1. The Kier molecular flexibility index (Phi) is 12.4. The number of nitrogens with zero attached hydrogens (tertiary/aromatic N) is 3. The lowest BCUT2D eigenvalue weighted by Gasteiger charge is -2.23. The molecular formula is C29H36FN3O7S2. The molecule has 1 aromatic heterocycles. The zero-order valence-corrected chi connectivity index (χ0v) is 25.5. The van der Waals surface area contributed by atoms with Crippen molar-refractivity contribution in [2.45, 2.75) is 26.3 Å². The fourth-order valence-electron chi connectivity index (χ4n) is 4.36. The van der Waals surface area contributed by atoms with E-state index < -0.39 is 41.4 Å². The van der Waals surface area contributed by atoms with E-state index in [4.69, 9.17) is 14.6 Å². The maximum atomic E-state index is 13.8. The Morgan fingerprint density at radius 3 is 2.31 bits per heavy atom. The number of thiazole rings is 1. The molecule has 1 N–H and O–H groups in total. The zero-order valence-electron chi connectivity index (χ0n) is 23.9. The van der Waals surface area contributed by atoms with Gasteiger partial charge in [-0.2, -0.15) is 4.31 Å². The van der Waals surface area contributed by atoms with Crippen molar-refractivity contribution in [1.82, 2.24) is 14.2 Å². The first-order valence-electron chi connectivity index (χ1n) is 13.3. The van der Waals surface area contributed by atoms with Gasteiger partial charge in [-0.25, -0.2) is 17.8 Å². The van der Waals surface area contributed by atoms with E-state index in [9.17, 15) is 22.4 Å². The third kappa shape index (κ3) is 8.81. The lowest BCUT2D eigenvalue weighted by atomic mass is 10.1. The van der Waals surface area contributed by atoms with Crippen molar-refractivity contribution in [2.24, 2.45) is 0 Å². The summed E-state index contributed by atoms with van der Waals surface area (Å²) in [5, 5.41) is 11.0. The first-order chi connectivity index (χ1) is 20.1. The minimum atomic E-state index is -4.15. The Labute approximate surface area is 249 Å². The van der Waals surface area contributed by atoms with Gasteiger partial charge in [0, 0.05) is 36.1 Å². The molecule has 0 radical (unpaired) electrons. The first kappa shape index (κ1) is 33.1. The van der Waals surface area contributed by atoms with Crippen LogP contribution in [0.5, 0.6) is 11.5 Å². The Hall–Kier alpha value is -3.39. The largest absolute Gasteiger partial charge is 0.496 e. The fraction of sp³-hybridized carbons (Fsp3) is 0.414. The van der Waals surface area contributed by atoms with E-state index in [0.717, 1.165) is 33.2 Å². The number of rotatable bonds is 17. The van der Waals surface area contributed by atoms with Crippen molar-refractivity contribution in [3.8, 4) is 11.5 Å². The van der Waals surface area contributed by atoms with E-state index in [0.29, 0.717) is 35.0 Å². The van der Waals surface area contributed by atoms with Gasteiger partial charge in [0.15, 0.2) is 5.78 Å². The minimum absolute atomic E-state index is 0.0573. The summed E-state index contributed by atoms with van der Waals surface area (Å²) in [6, 6.07) is 13.2. The van der Waals surface area contributed by atoms with Crippen molar-refractivity contribution in [1.29, 1.82) is 0 Å². The summed E-state index contributed by atoms with van der Waals surface area (Å²) < 4.78 is 49.7. The standard InChI is InChI=1S/C29H36FN3O7S2/c1-21-26(39-2)16-23(17-27(21)40-3)29(36)32(12-7-10-22-8-5-4-6-9-22)18-28-31-24(19-41-28)25(35)20-42(37,38)33(13-11-30)14-15-34/h4-6,8-9,16-17,19,34H,7,10-15,18,20H2,1-3H3. The SMILES string of the molecule is COc1cc(C(=O)N(CCCc2ccccc2)Cc2nc(C(=O)CS(=O)(=O)N(CCO)CCF)cs2)cc(OC)c1C. The monoisotopic (exact) mass is 621 g/mol. The molecule has 0 unspecified atom stereocenters. The van der Waals surface area contributed by atoms with Crippen LogP contribution in [-0.4, -0.2) is 92.3 Å². The average Bonchev–Trinajstić information content (AvgIpc) is 3.45. The van der Waals surface area contributed by atoms with Gasteiger partial charge in [0.2, 0.25) is 10.0 Å². The van der Waals surface area contributed by atoms with Gasteiger partial charge in [-0.1, -0.05) is 30.3 Å². The molecule has 0 atom stereocenters. The number of ether oxygens (including phenoxy) is 2. The number of halogens is 1. The molecule has 3 aromatic rings. The summed E-state index contributed by atoms with van der Waals surface area (Å²) in [5.74, 6) is -0.925. The minimum Gasteiger partial charge on any atom is -0.496 e. The van der Waals surface area contributed by atoms with Crippen LogP contribution in [-0.2, 0) is 23.0 Å². The van der Waals surface area contributed by atoms with Crippen molar-refractivity contribution in [3.05, 3.63) is 75.2 Å². The number of aryl methyl sites for hydroxylation is 1. The summed E-state index contributed by atoms with van der Waals surface area (Å²) in [4.78, 5) is 32.5. The van der Waals surface area contributed by atoms with Gasteiger partial charge in [0.1, 0.15) is 34.6 Å². The molecule has 0 bridgehead atoms. The highest BCUT2D eigenvalue weighted by molar-refractivity contribution is 7.89. The van der Waals surface area contributed by atoms with Crippen LogP contribution in [0.2, 0.25) is 0 Å². The summed E-state index contributed by atoms with van der Waals surface area (Å²) in [6.45, 7) is 0.114. The van der Waals surface area contributed by atoms with E-state index in [1.54, 1.807) is 17.0 Å². The molecule has 228 valence electrons. The molecule has 0 spiro atoms. The van der Waals surface area contributed by atoms with E-state index in [1.807, 2.05) is 37.3 Å². The second-order valence-electron chi connectivity index (χ2n) is 9.44. The number of ketones is 1. The number of sulfonamides is 1. The molecule has 0 aliphatic heterocycles. The summed E-state index contributed by atoms with van der Waals surface area (Å²) in [5.41, 5.74) is 2.20. The van der Waals surface area contributed by atoms with Crippen LogP contribution in [0, 0.1) is 6.92 Å². The highest BCUT2D eigenvalue weighted by Gasteiger charge is 2.27. The number of Topliss-reactive ketones (excluding diaryl/α,β-unsaturated/α-hetero) is 1. The van der Waals surface area contributed by atoms with Crippen LogP contribution < -0.4 is 9.47 Å². The highest BCUT2D eigenvalue weighted by atomic mass is 32.2. The normalized spacial score (nSPS) is 11.5. The maximum absolute atomic E-state index is 13.8. The van der Waals surface area contributed by atoms with E-state index in [2.05, 4.69) is 4.98 Å². The molecule has 1 heterocycles. The Morgan fingerprint density at radius 2 is 1.71 bits per heavy atom. The van der Waals surface area contributed by atoms with Gasteiger partial charge in [-0.15, -0.1) is 11.3 Å². The van der Waals surface area contributed by atoms with Crippen molar-refractivity contribution in [2.75, 3.05) is 52.9 Å². The van der Waals surface area contributed by atoms with Crippen LogP contribution in [0.4, 0.5) is 4.39 Å². The van der Waals surface area contributed by atoms with Gasteiger partial charge in [0.05, 0.1) is 27.4 Å². The van der Waals surface area contributed by atoms with Gasteiger partial charge >= 0.3 is 0 Å². The zero-order chi connectivity index (χ0) is 30.7. The second-order valence-corrected chi connectivity index (χ2v) is 12.4. The lowest BCUT2D eigenvalue weighted by Crippen LogP contribution is -2.38. The summed E-state index contributed by atoms with van der Waals surface area (Å²) in [6.07, 6.45) is 1.41. The molecule has 0 aliphatic rings. The van der Waals surface area contributed by atoms with E-state index in [-0.39, 0.29) is 24.7 Å². The predicted octanol–water partition coefficient (Wildman–Crippen LogP) is 3.52. The third-order valence-electron chi connectivity index (χ3n) is 6.58. The smallest absolute Gasteiger partial charge is 0.254 e. The van der Waals surface area contributed by atoms with Gasteiger partial charge in [-0.3, -0.25) is 9.59 Å². The molecule has 2 aromatic carbocycles. The lowest BCUT2D eigenvalue weighted by molar-refractivity contribution is 0.0740. The molecule has 0 saturated heterocycles. The van der Waals surface area contributed by atoms with Crippen LogP contribution in [0.25, 0.3) is 0 Å². The number of alkyl halides is 1. The number of carbonyl (C=O) groups excluding carboxylic acids is 2. The predicted molar refractivity (Wildman–Crippen MR) is 159 cm³/mol. The maximum Gasteiger partial charge on any atom is 0.254 e. The Bertz CT molecular complexity index is 1420. The molecular weight excluding hydrogens is 585 g/mol. The van der Waals surface area contributed by atoms with Crippen LogP contribution >= 0.6 is 11.3 Å². The molecule has 0 fully saturated rings. The molecule has 13 heteroatoms. The number of benzene rings is 2. The third-order valence-corrected chi connectivity index (χ3v) is 9.19. The van der Waals surface area contributed by atoms with E-state index >= 15 is 0 Å². The molecule has 0 aliphatic carbocycles. The number of methoxy groups -OCH3 is 2. The summed E-state index contributed by atoms with van der Waals surface area (Å²) >= 11 is 1.14. The molecule has 10 nitrogen and oxygen atoms in total. The highest BCUT2D eigenvalue weighted by Crippen LogP contribution is 2.30. The Morgan fingerprint density at radius 1 is 1.05 bits per heavy atom. The van der Waals surface area contributed by atoms with Crippen LogP contribution in [0.15, 0.2) is 47.8 Å². The van der Waals surface area contributed by atoms with Crippen molar-refractivity contribution >= 4 is 33.1 Å². The number of carbonyl (C=O) groups is 2. The van der Waals surface area contributed by atoms with Gasteiger partial charge < -0.3 is 19.5 Å². The topological polar surface area (TPSA) is 126 Å². The molecule has 42 heavy (non-hydrogen) atoms. The number of hydrogen-bond acceptors (Lipinski definition) is 9. The number of hydrogen-bond donors (Lipinski definition) is 1. The average molecular weight is 622 g/mol. The number of amides is 1. The second kappa shape index (κ2) is 15.7. The summed E-state index contributed by atoms with van der Waals surface area (Å²) in [7, 11) is -1.12. The van der Waals surface area contributed by atoms with Crippen molar-refractivity contribution < 1.29 is 37.0 Å². The van der Waals surface area contributed by atoms with Gasteiger partial charge in [-0.05, 0) is 37.5 Å². The quantitative estimate of drug-likeness (QED) is 0.227. The first-order valence-corrected chi connectivity index (χ1v) is 15.8. The number of aliphatic hydroxyl groups is 1. The molecule has 1 amide bonds. The van der Waals surface area contributed by atoms with Gasteiger partial charge in [0.25, 0.3) is 5.91 Å².